The highest BCUT2D eigenvalue weighted by atomic mass is 32.2. The van der Waals surface area contributed by atoms with Crippen molar-refractivity contribution in [1.82, 2.24) is 9.97 Å². The summed E-state index contributed by atoms with van der Waals surface area (Å²) in [5.74, 6) is 6.92. The van der Waals surface area contributed by atoms with E-state index in [1.165, 1.54) is 11.8 Å². The van der Waals surface area contributed by atoms with Crippen LogP contribution in [0.2, 0.25) is 0 Å². The molecular weight excluding hydrogens is 222 g/mol. The van der Waals surface area contributed by atoms with Crippen molar-refractivity contribution in [2.75, 3.05) is 23.6 Å². The lowest BCUT2D eigenvalue weighted by molar-refractivity contribution is 0.652. The van der Waals surface area contributed by atoms with Crippen molar-refractivity contribution in [3.05, 3.63) is 6.07 Å². The largest absolute Gasteiger partial charge is 0.357 e. The molecule has 1 rings (SSSR count). The van der Waals surface area contributed by atoms with Crippen LogP contribution in [0.1, 0.15) is 20.3 Å². The summed E-state index contributed by atoms with van der Waals surface area (Å²) in [4.78, 5) is 10.8. The minimum Gasteiger partial charge on any atom is -0.357 e. The van der Waals surface area contributed by atoms with Gasteiger partial charge in [-0.05, 0) is 19.6 Å². The van der Waals surface area contributed by atoms with Gasteiger partial charge < -0.3 is 10.3 Å². The molecule has 0 radical (unpaired) electrons. The first-order chi connectivity index (χ1) is 7.62. The summed E-state index contributed by atoms with van der Waals surface area (Å²) in [6.07, 6.45) is 3.02. The number of thioether (sulfide) groups is 1. The molecule has 3 N–H and O–H groups in total. The first-order valence-electron chi connectivity index (χ1n) is 5.24. The predicted molar refractivity (Wildman–Crippen MR) is 69.8 cm³/mol. The highest BCUT2D eigenvalue weighted by molar-refractivity contribution is 7.98. The van der Waals surface area contributed by atoms with Crippen LogP contribution in [0, 0.1) is 0 Å². The Hall–Kier alpha value is -1.01. The number of aromatic nitrogens is 2. The van der Waals surface area contributed by atoms with E-state index in [1.54, 1.807) is 0 Å². The number of nitrogen functional groups attached to an aromatic ring is 1. The van der Waals surface area contributed by atoms with E-state index in [1.807, 2.05) is 19.4 Å². The Morgan fingerprint density at radius 3 is 2.75 bits per heavy atom. The molecule has 90 valence electrons. The van der Waals surface area contributed by atoms with Crippen molar-refractivity contribution >= 4 is 23.4 Å². The standard InChI is InChI=1S/C10H19N5S/c1-5-7(2)15(3)9-6-8(14-11)12-10(13-9)16-4/h6-7H,5,11H2,1-4H3,(H,12,13,14). The van der Waals surface area contributed by atoms with Crippen LogP contribution in [0.5, 0.6) is 0 Å². The van der Waals surface area contributed by atoms with Crippen molar-refractivity contribution in [3.63, 3.8) is 0 Å². The van der Waals surface area contributed by atoms with Gasteiger partial charge in [-0.25, -0.2) is 15.8 Å². The molecule has 0 spiro atoms. The van der Waals surface area contributed by atoms with Crippen LogP contribution in [0.3, 0.4) is 0 Å². The summed E-state index contributed by atoms with van der Waals surface area (Å²) in [5.41, 5.74) is 2.56. The second-order valence-corrected chi connectivity index (χ2v) is 4.38. The van der Waals surface area contributed by atoms with Gasteiger partial charge in [0.05, 0.1) is 0 Å². The van der Waals surface area contributed by atoms with Crippen molar-refractivity contribution in [3.8, 4) is 0 Å². The summed E-state index contributed by atoms with van der Waals surface area (Å²) in [6.45, 7) is 4.32. The first-order valence-corrected chi connectivity index (χ1v) is 6.47. The fraction of sp³-hybridized carbons (Fsp3) is 0.600. The average molecular weight is 241 g/mol. The first kappa shape index (κ1) is 13.1. The molecule has 16 heavy (non-hydrogen) atoms. The molecule has 0 amide bonds. The van der Waals surface area contributed by atoms with Gasteiger partial charge in [-0.3, -0.25) is 0 Å². The van der Waals surface area contributed by atoms with Gasteiger partial charge in [0.25, 0.3) is 0 Å². The van der Waals surface area contributed by atoms with Gasteiger partial charge in [0.15, 0.2) is 5.16 Å². The number of hydrogen-bond acceptors (Lipinski definition) is 6. The lowest BCUT2D eigenvalue weighted by atomic mass is 10.2. The molecule has 0 aliphatic rings. The highest BCUT2D eigenvalue weighted by Crippen LogP contribution is 2.20. The summed E-state index contributed by atoms with van der Waals surface area (Å²) in [6, 6.07) is 2.29. The minimum absolute atomic E-state index is 0.440. The third kappa shape index (κ3) is 2.99. The Morgan fingerprint density at radius 2 is 2.25 bits per heavy atom. The zero-order chi connectivity index (χ0) is 12.1. The van der Waals surface area contributed by atoms with E-state index in [2.05, 4.69) is 34.1 Å². The zero-order valence-electron chi connectivity index (χ0n) is 10.2. The van der Waals surface area contributed by atoms with Crippen LogP contribution in [-0.2, 0) is 0 Å². The van der Waals surface area contributed by atoms with E-state index in [4.69, 9.17) is 5.84 Å². The Kier molecular flexibility index (Phi) is 4.82. The van der Waals surface area contributed by atoms with Gasteiger partial charge in [0.2, 0.25) is 0 Å². The molecule has 0 saturated heterocycles. The monoisotopic (exact) mass is 241 g/mol. The van der Waals surface area contributed by atoms with Gasteiger partial charge in [0, 0.05) is 19.2 Å². The number of nitrogens with two attached hydrogens (primary N) is 1. The molecule has 6 heteroatoms. The minimum atomic E-state index is 0.440. The molecular formula is C10H19N5S. The SMILES string of the molecule is CCC(C)N(C)c1cc(NN)nc(SC)n1. The van der Waals surface area contributed by atoms with Gasteiger partial charge in [-0.1, -0.05) is 18.7 Å². The number of hydrazine groups is 1. The van der Waals surface area contributed by atoms with E-state index in [-0.39, 0.29) is 0 Å². The molecule has 0 bridgehead atoms. The van der Waals surface area contributed by atoms with E-state index in [0.717, 1.165) is 17.4 Å². The fourth-order valence-electron chi connectivity index (χ4n) is 1.26. The fourth-order valence-corrected chi connectivity index (χ4v) is 1.63. The molecule has 0 aliphatic carbocycles. The molecule has 1 atom stereocenters. The van der Waals surface area contributed by atoms with Gasteiger partial charge in [-0.15, -0.1) is 0 Å². The highest BCUT2D eigenvalue weighted by Gasteiger charge is 2.11. The summed E-state index contributed by atoms with van der Waals surface area (Å²) >= 11 is 1.50. The Morgan fingerprint density at radius 1 is 1.56 bits per heavy atom. The smallest absolute Gasteiger partial charge is 0.191 e. The van der Waals surface area contributed by atoms with Crippen molar-refractivity contribution in [1.29, 1.82) is 0 Å². The van der Waals surface area contributed by atoms with Crippen LogP contribution in [0.25, 0.3) is 0 Å². The number of hydrogen-bond donors (Lipinski definition) is 2. The lowest BCUT2D eigenvalue weighted by Gasteiger charge is -2.25. The molecule has 0 aliphatic heterocycles. The van der Waals surface area contributed by atoms with Crippen molar-refractivity contribution < 1.29 is 0 Å². The van der Waals surface area contributed by atoms with E-state index >= 15 is 0 Å². The van der Waals surface area contributed by atoms with Crippen LogP contribution < -0.4 is 16.2 Å². The molecule has 5 nitrogen and oxygen atoms in total. The molecule has 0 fully saturated rings. The normalized spacial score (nSPS) is 12.3. The summed E-state index contributed by atoms with van der Waals surface area (Å²) < 4.78 is 0. The number of anilines is 2. The third-order valence-electron chi connectivity index (χ3n) is 2.64. The van der Waals surface area contributed by atoms with Gasteiger partial charge >= 0.3 is 0 Å². The molecule has 1 heterocycles. The van der Waals surface area contributed by atoms with E-state index in [0.29, 0.717) is 11.9 Å². The second-order valence-electron chi connectivity index (χ2n) is 3.61. The van der Waals surface area contributed by atoms with Crippen molar-refractivity contribution in [2.24, 2.45) is 5.84 Å². The second kappa shape index (κ2) is 5.91. The third-order valence-corrected chi connectivity index (χ3v) is 3.18. The summed E-state index contributed by atoms with van der Waals surface area (Å²) in [7, 11) is 2.03. The quantitative estimate of drug-likeness (QED) is 0.354. The van der Waals surface area contributed by atoms with Crippen LogP contribution >= 0.6 is 11.8 Å². The van der Waals surface area contributed by atoms with E-state index in [9.17, 15) is 0 Å². The average Bonchev–Trinajstić information content (AvgIpc) is 2.35. The molecule has 1 unspecified atom stereocenters. The molecule has 1 aromatic rings. The van der Waals surface area contributed by atoms with Gasteiger partial charge in [0.1, 0.15) is 11.6 Å². The van der Waals surface area contributed by atoms with Crippen LogP contribution in [0.4, 0.5) is 11.6 Å². The van der Waals surface area contributed by atoms with Crippen molar-refractivity contribution in [2.45, 2.75) is 31.5 Å². The Balaban J connectivity index is 3.02. The zero-order valence-corrected chi connectivity index (χ0v) is 11.0. The molecule has 0 aromatic carbocycles. The topological polar surface area (TPSA) is 67.1 Å². The maximum Gasteiger partial charge on any atom is 0.191 e. The van der Waals surface area contributed by atoms with Crippen LogP contribution in [0.15, 0.2) is 11.2 Å². The number of rotatable bonds is 5. The maximum absolute atomic E-state index is 5.38. The predicted octanol–water partition coefficient (Wildman–Crippen LogP) is 1.72. The van der Waals surface area contributed by atoms with E-state index < -0.39 is 0 Å². The Bertz CT molecular complexity index is 322. The lowest BCUT2D eigenvalue weighted by Crippen LogP contribution is -2.29. The summed E-state index contributed by atoms with van der Waals surface area (Å²) in [5, 5.41) is 0.723. The molecule has 0 saturated carbocycles. The van der Waals surface area contributed by atoms with Crippen LogP contribution in [-0.4, -0.2) is 29.3 Å². The number of nitrogens with one attached hydrogen (secondary N) is 1. The van der Waals surface area contributed by atoms with Gasteiger partial charge in [-0.2, -0.15) is 0 Å². The maximum atomic E-state index is 5.38. The Labute approximate surface area is 101 Å². The molecule has 1 aromatic heterocycles. The number of nitrogens with zero attached hydrogens (tertiary/aromatic N) is 3.